The van der Waals surface area contributed by atoms with Crippen LogP contribution in [0.1, 0.15) is 29.0 Å². The fourth-order valence-corrected chi connectivity index (χ4v) is 6.18. The van der Waals surface area contributed by atoms with Gasteiger partial charge in [-0.25, -0.2) is 8.42 Å². The summed E-state index contributed by atoms with van der Waals surface area (Å²) in [7, 11) is -3.99. The largest absolute Gasteiger partial charge is 0.489 e. The molecule has 2 aromatic rings. The third-order valence-corrected chi connectivity index (χ3v) is 7.51. The van der Waals surface area contributed by atoms with E-state index in [1.54, 1.807) is 12.1 Å². The molecule has 25 heavy (non-hydrogen) atoms. The summed E-state index contributed by atoms with van der Waals surface area (Å²) in [5.41, 5.74) is 1.41. The van der Waals surface area contributed by atoms with Crippen molar-refractivity contribution in [3.63, 3.8) is 0 Å². The monoisotopic (exact) mass is 379 g/mol. The number of carboxylic acids is 1. The molecule has 2 aliphatic rings. The maximum atomic E-state index is 13.3. The molecule has 2 atom stereocenters. The van der Waals surface area contributed by atoms with Gasteiger partial charge in [-0.2, -0.15) is 4.31 Å². The first kappa shape index (κ1) is 16.6. The molecule has 2 unspecified atom stereocenters. The van der Waals surface area contributed by atoms with Crippen LogP contribution in [0.15, 0.2) is 34.5 Å². The van der Waals surface area contributed by atoms with E-state index in [0.29, 0.717) is 24.2 Å². The van der Waals surface area contributed by atoms with E-state index in [1.807, 2.05) is 18.4 Å². The molecule has 8 heteroatoms. The van der Waals surface area contributed by atoms with Crippen molar-refractivity contribution < 1.29 is 23.1 Å². The molecule has 4 rings (SSSR count). The van der Waals surface area contributed by atoms with E-state index < -0.39 is 22.0 Å². The van der Waals surface area contributed by atoms with Gasteiger partial charge in [0.2, 0.25) is 10.0 Å². The van der Waals surface area contributed by atoms with Crippen molar-refractivity contribution in [1.29, 1.82) is 0 Å². The second kappa shape index (κ2) is 5.82. The van der Waals surface area contributed by atoms with Crippen molar-refractivity contribution >= 4 is 27.3 Å². The van der Waals surface area contributed by atoms with Gasteiger partial charge in [-0.3, -0.25) is 4.79 Å². The molecule has 0 bridgehead atoms. The number of rotatable bonds is 3. The van der Waals surface area contributed by atoms with Crippen molar-refractivity contribution in [2.24, 2.45) is 0 Å². The van der Waals surface area contributed by atoms with Crippen molar-refractivity contribution in [2.75, 3.05) is 6.54 Å². The Hall–Kier alpha value is -1.90. The van der Waals surface area contributed by atoms with Crippen LogP contribution in [-0.4, -0.2) is 36.4 Å². The van der Waals surface area contributed by atoms with Gasteiger partial charge in [0.1, 0.15) is 22.8 Å². The van der Waals surface area contributed by atoms with Crippen LogP contribution in [0.4, 0.5) is 0 Å². The van der Waals surface area contributed by atoms with E-state index in [1.165, 1.54) is 17.4 Å². The van der Waals surface area contributed by atoms with Crippen LogP contribution in [0, 0.1) is 0 Å². The number of benzene rings is 1. The van der Waals surface area contributed by atoms with Crippen LogP contribution >= 0.6 is 11.3 Å². The van der Waals surface area contributed by atoms with Crippen LogP contribution in [0.2, 0.25) is 0 Å². The number of para-hydroxylation sites is 1. The SMILES string of the molecule is CC1Cc2cccc(S(=O)(=O)N3CCc4sccc4C3C(=O)O)c2O1. The minimum Gasteiger partial charge on any atom is -0.489 e. The van der Waals surface area contributed by atoms with E-state index >= 15 is 0 Å². The smallest absolute Gasteiger partial charge is 0.326 e. The molecule has 1 N–H and O–H groups in total. The first-order chi connectivity index (χ1) is 11.9. The van der Waals surface area contributed by atoms with Gasteiger partial charge >= 0.3 is 5.97 Å². The maximum absolute atomic E-state index is 13.3. The summed E-state index contributed by atoms with van der Waals surface area (Å²) in [4.78, 5) is 12.8. The number of hydrogen-bond donors (Lipinski definition) is 1. The molecule has 0 saturated heterocycles. The third kappa shape index (κ3) is 2.56. The van der Waals surface area contributed by atoms with E-state index in [-0.39, 0.29) is 17.5 Å². The zero-order valence-electron chi connectivity index (χ0n) is 13.5. The number of thiophene rings is 1. The maximum Gasteiger partial charge on any atom is 0.326 e. The minimum atomic E-state index is -3.99. The number of hydrogen-bond acceptors (Lipinski definition) is 5. The van der Waals surface area contributed by atoms with Crippen molar-refractivity contribution in [2.45, 2.75) is 36.8 Å². The van der Waals surface area contributed by atoms with Crippen LogP contribution in [0.3, 0.4) is 0 Å². The molecule has 3 heterocycles. The first-order valence-electron chi connectivity index (χ1n) is 7.99. The van der Waals surface area contributed by atoms with Crippen LogP contribution in [-0.2, 0) is 27.7 Å². The van der Waals surface area contributed by atoms with Gasteiger partial charge < -0.3 is 9.84 Å². The molecule has 2 aliphatic heterocycles. The lowest BCUT2D eigenvalue weighted by molar-refractivity contribution is -0.142. The van der Waals surface area contributed by atoms with E-state index in [0.717, 1.165) is 14.7 Å². The summed E-state index contributed by atoms with van der Waals surface area (Å²) in [5, 5.41) is 11.5. The Kier molecular flexibility index (Phi) is 3.86. The molecule has 0 radical (unpaired) electrons. The number of fused-ring (bicyclic) bond motifs is 2. The van der Waals surface area contributed by atoms with E-state index in [9.17, 15) is 18.3 Å². The fraction of sp³-hybridized carbons (Fsp3) is 0.353. The molecule has 0 aliphatic carbocycles. The van der Waals surface area contributed by atoms with Gasteiger partial charge in [0.25, 0.3) is 0 Å². The highest BCUT2D eigenvalue weighted by molar-refractivity contribution is 7.89. The molecule has 0 amide bonds. The lowest BCUT2D eigenvalue weighted by atomic mass is 10.0. The summed E-state index contributed by atoms with van der Waals surface area (Å²) in [6.07, 6.45) is 1.07. The quantitative estimate of drug-likeness (QED) is 0.886. The summed E-state index contributed by atoms with van der Waals surface area (Å²) >= 11 is 1.47. The predicted octanol–water partition coefficient (Wildman–Crippen LogP) is 2.44. The van der Waals surface area contributed by atoms with Gasteiger partial charge in [0.15, 0.2) is 0 Å². The number of carboxylic acid groups (broad SMARTS) is 1. The zero-order valence-corrected chi connectivity index (χ0v) is 15.1. The summed E-state index contributed by atoms with van der Waals surface area (Å²) in [6.45, 7) is 2.03. The fourth-order valence-electron chi connectivity index (χ4n) is 3.55. The standard InChI is InChI=1S/C17H17NO5S2/c1-10-9-11-3-2-4-14(16(11)23-10)25(21,22)18-7-5-13-12(6-8-24-13)15(18)17(19)20/h2-4,6,8,10,15H,5,7,9H2,1H3,(H,19,20). The number of sulfonamides is 1. The Labute approximate surface area is 149 Å². The predicted molar refractivity (Wildman–Crippen MR) is 92.5 cm³/mol. The molecule has 0 fully saturated rings. The molecule has 0 spiro atoms. The van der Waals surface area contributed by atoms with Crippen molar-refractivity contribution in [1.82, 2.24) is 4.31 Å². The number of carbonyl (C=O) groups is 1. The first-order valence-corrected chi connectivity index (χ1v) is 10.3. The highest BCUT2D eigenvalue weighted by atomic mass is 32.2. The van der Waals surface area contributed by atoms with Gasteiger partial charge in [-0.05, 0) is 42.0 Å². The summed E-state index contributed by atoms with van der Waals surface area (Å²) in [6, 6.07) is 5.53. The second-order valence-corrected chi connectivity index (χ2v) is 9.14. The molecule has 6 nitrogen and oxygen atoms in total. The average molecular weight is 379 g/mol. The Balaban J connectivity index is 1.82. The highest BCUT2D eigenvalue weighted by Crippen LogP contribution is 2.41. The van der Waals surface area contributed by atoms with E-state index in [4.69, 9.17) is 4.74 Å². The van der Waals surface area contributed by atoms with Crippen LogP contribution < -0.4 is 4.74 Å². The summed E-state index contributed by atoms with van der Waals surface area (Å²) in [5.74, 6) is -0.806. The Bertz CT molecular complexity index is 950. The molecular formula is C17H17NO5S2. The number of ether oxygens (including phenoxy) is 1. The van der Waals surface area contributed by atoms with Gasteiger partial charge in [-0.1, -0.05) is 12.1 Å². The van der Waals surface area contributed by atoms with Gasteiger partial charge in [-0.15, -0.1) is 11.3 Å². The Morgan fingerprint density at radius 1 is 1.36 bits per heavy atom. The van der Waals surface area contributed by atoms with Crippen LogP contribution in [0.25, 0.3) is 0 Å². The lowest BCUT2D eigenvalue weighted by Crippen LogP contribution is -2.43. The topological polar surface area (TPSA) is 83.9 Å². The van der Waals surface area contributed by atoms with E-state index in [2.05, 4.69) is 0 Å². The zero-order chi connectivity index (χ0) is 17.8. The molecule has 0 saturated carbocycles. The average Bonchev–Trinajstić information content (AvgIpc) is 3.17. The van der Waals surface area contributed by atoms with Crippen molar-refractivity contribution in [3.05, 3.63) is 45.6 Å². The second-order valence-electron chi connectivity index (χ2n) is 6.28. The van der Waals surface area contributed by atoms with Crippen LogP contribution in [0.5, 0.6) is 5.75 Å². The normalized spacial score (nSPS) is 22.9. The molecular weight excluding hydrogens is 362 g/mol. The Morgan fingerprint density at radius 2 is 2.16 bits per heavy atom. The van der Waals surface area contributed by atoms with Gasteiger partial charge in [0, 0.05) is 17.8 Å². The molecule has 1 aromatic carbocycles. The molecule has 132 valence electrons. The Morgan fingerprint density at radius 3 is 2.92 bits per heavy atom. The minimum absolute atomic E-state index is 0.0549. The number of aliphatic carboxylic acids is 1. The van der Waals surface area contributed by atoms with Crippen molar-refractivity contribution in [3.8, 4) is 5.75 Å². The highest BCUT2D eigenvalue weighted by Gasteiger charge is 2.43. The summed E-state index contributed by atoms with van der Waals surface area (Å²) < 4.78 is 33.4. The number of nitrogens with zero attached hydrogens (tertiary/aromatic N) is 1. The van der Waals surface area contributed by atoms with Gasteiger partial charge in [0.05, 0.1) is 0 Å². The lowest BCUT2D eigenvalue weighted by Gasteiger charge is -2.32. The molecule has 1 aromatic heterocycles. The third-order valence-electron chi connectivity index (χ3n) is 4.63.